The molecular weight excluding hydrogens is 480 g/mol. The molecule has 0 saturated carbocycles. The Labute approximate surface area is 223 Å². The lowest BCUT2D eigenvalue weighted by Crippen LogP contribution is -2.50. The summed E-state index contributed by atoms with van der Waals surface area (Å²) in [5, 5.41) is 3.71. The van der Waals surface area contributed by atoms with Crippen LogP contribution in [0, 0.1) is 0 Å². The van der Waals surface area contributed by atoms with Gasteiger partial charge in [0.05, 0.1) is 0 Å². The van der Waals surface area contributed by atoms with Crippen LogP contribution in [0.3, 0.4) is 0 Å². The third-order valence-electron chi connectivity index (χ3n) is 6.32. The Balaban J connectivity index is 1.58. The Morgan fingerprint density at radius 1 is 0.676 bits per heavy atom. The monoisotopic (exact) mass is 510 g/mol. The normalized spacial score (nSPS) is 11.5. The number of benzene rings is 4. The van der Waals surface area contributed by atoms with Crippen LogP contribution in [0.5, 0.6) is 0 Å². The van der Waals surface area contributed by atoms with Crippen molar-refractivity contribution in [3.63, 3.8) is 0 Å². The average molecular weight is 511 g/mol. The van der Waals surface area contributed by atoms with Crippen LogP contribution in [0.15, 0.2) is 115 Å². The third kappa shape index (κ3) is 8.06. The fraction of sp³-hybridized carbons (Fsp3) is 0.188. The molecule has 0 aliphatic rings. The van der Waals surface area contributed by atoms with E-state index >= 15 is 0 Å². The molecule has 1 N–H and O–H groups in total. The van der Waals surface area contributed by atoms with E-state index in [-0.39, 0.29) is 11.8 Å². The van der Waals surface area contributed by atoms with Crippen molar-refractivity contribution < 1.29 is 9.59 Å². The van der Waals surface area contributed by atoms with Crippen LogP contribution in [0.25, 0.3) is 0 Å². The molecular formula is C32H31ClN2O2. The highest BCUT2D eigenvalue weighted by molar-refractivity contribution is 6.30. The van der Waals surface area contributed by atoms with Crippen LogP contribution >= 0.6 is 11.6 Å². The number of rotatable bonds is 11. The van der Waals surface area contributed by atoms with Crippen molar-refractivity contribution >= 4 is 23.4 Å². The molecule has 1 unspecified atom stereocenters. The van der Waals surface area contributed by atoms with Gasteiger partial charge in [0, 0.05) is 31.0 Å². The first-order valence-electron chi connectivity index (χ1n) is 12.5. The number of hydrogen-bond acceptors (Lipinski definition) is 2. The molecule has 0 bridgehead atoms. The molecule has 0 heterocycles. The van der Waals surface area contributed by atoms with Gasteiger partial charge >= 0.3 is 0 Å². The number of halogens is 1. The van der Waals surface area contributed by atoms with Crippen LogP contribution in [-0.4, -0.2) is 22.8 Å². The minimum absolute atomic E-state index is 0.0460. The van der Waals surface area contributed by atoms with E-state index in [0.29, 0.717) is 37.4 Å². The number of carbonyl (C=O) groups excluding carboxylic acids is 2. The maximum atomic E-state index is 13.7. The molecule has 37 heavy (non-hydrogen) atoms. The number of aryl methyl sites for hydroxylation is 1. The Bertz CT molecular complexity index is 1260. The number of nitrogens with zero attached hydrogens (tertiary/aromatic N) is 1. The highest BCUT2D eigenvalue weighted by Gasteiger charge is 2.30. The van der Waals surface area contributed by atoms with Crippen molar-refractivity contribution in [2.75, 3.05) is 0 Å². The Morgan fingerprint density at radius 3 is 1.81 bits per heavy atom. The number of carbonyl (C=O) groups is 2. The van der Waals surface area contributed by atoms with Crippen molar-refractivity contribution in [3.05, 3.63) is 143 Å². The molecule has 1 atom stereocenters. The second-order valence-corrected chi connectivity index (χ2v) is 9.48. The second kappa shape index (κ2) is 13.4. The highest BCUT2D eigenvalue weighted by Crippen LogP contribution is 2.17. The summed E-state index contributed by atoms with van der Waals surface area (Å²) in [4.78, 5) is 29.1. The fourth-order valence-electron chi connectivity index (χ4n) is 4.28. The number of nitrogens with one attached hydrogen (secondary N) is 1. The molecule has 0 aliphatic heterocycles. The first kappa shape index (κ1) is 26.2. The summed E-state index contributed by atoms with van der Waals surface area (Å²) in [6, 6.07) is 36.4. The van der Waals surface area contributed by atoms with Crippen molar-refractivity contribution in [2.24, 2.45) is 0 Å². The standard InChI is InChI=1S/C32H31ClN2O2/c33-29-19-16-27(17-20-29)23-34-32(37)30(22-26-12-6-2-7-13-26)35(24-28-14-8-3-9-15-28)31(36)21-18-25-10-4-1-5-11-25/h1-17,19-20,30H,18,21-24H2,(H,34,37). The highest BCUT2D eigenvalue weighted by atomic mass is 35.5. The minimum atomic E-state index is -0.654. The quantitative estimate of drug-likeness (QED) is 0.260. The van der Waals surface area contributed by atoms with Gasteiger partial charge in [-0.05, 0) is 40.8 Å². The van der Waals surface area contributed by atoms with E-state index in [0.717, 1.165) is 22.3 Å². The molecule has 0 saturated heterocycles. The molecule has 5 heteroatoms. The molecule has 0 fully saturated rings. The second-order valence-electron chi connectivity index (χ2n) is 9.04. The van der Waals surface area contributed by atoms with Crippen molar-refractivity contribution in [1.82, 2.24) is 10.2 Å². The lowest BCUT2D eigenvalue weighted by Gasteiger charge is -2.31. The molecule has 0 spiro atoms. The molecule has 4 aromatic rings. The Kier molecular flexibility index (Phi) is 9.50. The van der Waals surface area contributed by atoms with Crippen LogP contribution in [0.2, 0.25) is 5.02 Å². The smallest absolute Gasteiger partial charge is 0.243 e. The first-order chi connectivity index (χ1) is 18.1. The largest absolute Gasteiger partial charge is 0.350 e. The predicted molar refractivity (Wildman–Crippen MR) is 149 cm³/mol. The van der Waals surface area contributed by atoms with E-state index in [1.807, 2.05) is 103 Å². The van der Waals surface area contributed by atoms with Crippen LogP contribution in [-0.2, 0) is 35.5 Å². The molecule has 0 aromatic heterocycles. The molecule has 188 valence electrons. The van der Waals surface area contributed by atoms with Crippen LogP contribution in [0.4, 0.5) is 0 Å². The van der Waals surface area contributed by atoms with E-state index in [1.165, 1.54) is 0 Å². The first-order valence-corrected chi connectivity index (χ1v) is 12.9. The van der Waals surface area contributed by atoms with E-state index in [4.69, 9.17) is 11.6 Å². The van der Waals surface area contributed by atoms with Crippen molar-refractivity contribution in [1.29, 1.82) is 0 Å². The molecule has 0 radical (unpaired) electrons. The zero-order valence-electron chi connectivity index (χ0n) is 20.7. The summed E-state index contributed by atoms with van der Waals surface area (Å²) in [6.07, 6.45) is 1.37. The summed E-state index contributed by atoms with van der Waals surface area (Å²) < 4.78 is 0. The van der Waals surface area contributed by atoms with Gasteiger partial charge < -0.3 is 10.2 Å². The van der Waals surface area contributed by atoms with Gasteiger partial charge in [-0.25, -0.2) is 0 Å². The van der Waals surface area contributed by atoms with Crippen LogP contribution < -0.4 is 5.32 Å². The van der Waals surface area contributed by atoms with E-state index in [9.17, 15) is 9.59 Å². The maximum absolute atomic E-state index is 13.7. The van der Waals surface area contributed by atoms with Crippen molar-refractivity contribution in [2.45, 2.75) is 38.4 Å². The molecule has 4 nitrogen and oxygen atoms in total. The Morgan fingerprint density at radius 2 is 1.22 bits per heavy atom. The summed E-state index contributed by atoms with van der Waals surface area (Å²) in [7, 11) is 0. The lowest BCUT2D eigenvalue weighted by molar-refractivity contribution is -0.141. The van der Waals surface area contributed by atoms with Gasteiger partial charge in [-0.3, -0.25) is 9.59 Å². The molecule has 2 amide bonds. The third-order valence-corrected chi connectivity index (χ3v) is 6.57. The van der Waals surface area contributed by atoms with Gasteiger partial charge in [-0.2, -0.15) is 0 Å². The zero-order chi connectivity index (χ0) is 25.9. The average Bonchev–Trinajstić information content (AvgIpc) is 2.95. The Hall–Kier alpha value is -3.89. The lowest BCUT2D eigenvalue weighted by atomic mass is 10.0. The van der Waals surface area contributed by atoms with Gasteiger partial charge in [-0.15, -0.1) is 0 Å². The summed E-state index contributed by atoms with van der Waals surface area (Å²) >= 11 is 6.01. The predicted octanol–water partition coefficient (Wildman–Crippen LogP) is 6.23. The molecule has 4 aromatic carbocycles. The molecule has 4 rings (SSSR count). The van der Waals surface area contributed by atoms with Gasteiger partial charge in [-0.1, -0.05) is 115 Å². The summed E-state index contributed by atoms with van der Waals surface area (Å²) in [5.41, 5.74) is 4.03. The van der Waals surface area contributed by atoms with E-state index in [1.54, 1.807) is 17.0 Å². The number of amides is 2. The van der Waals surface area contributed by atoms with Crippen molar-refractivity contribution in [3.8, 4) is 0 Å². The summed E-state index contributed by atoms with van der Waals surface area (Å²) in [6.45, 7) is 0.721. The molecule has 0 aliphatic carbocycles. The van der Waals surface area contributed by atoms with Crippen LogP contribution in [0.1, 0.15) is 28.7 Å². The zero-order valence-corrected chi connectivity index (χ0v) is 21.5. The minimum Gasteiger partial charge on any atom is -0.350 e. The summed E-state index contributed by atoms with van der Waals surface area (Å²) in [5.74, 6) is -0.224. The van der Waals surface area contributed by atoms with Gasteiger partial charge in [0.25, 0.3) is 0 Å². The van der Waals surface area contributed by atoms with Gasteiger partial charge in [0.15, 0.2) is 0 Å². The SMILES string of the molecule is O=C(NCc1ccc(Cl)cc1)C(Cc1ccccc1)N(Cc1ccccc1)C(=O)CCc1ccccc1. The topological polar surface area (TPSA) is 49.4 Å². The van der Waals surface area contributed by atoms with E-state index in [2.05, 4.69) is 5.32 Å². The van der Waals surface area contributed by atoms with Gasteiger partial charge in [0.1, 0.15) is 6.04 Å². The van der Waals surface area contributed by atoms with E-state index < -0.39 is 6.04 Å². The van der Waals surface area contributed by atoms with Gasteiger partial charge in [0.2, 0.25) is 11.8 Å². The maximum Gasteiger partial charge on any atom is 0.243 e. The number of hydrogen-bond donors (Lipinski definition) is 1. The fourth-order valence-corrected chi connectivity index (χ4v) is 4.41.